The van der Waals surface area contributed by atoms with Crippen LogP contribution in [0.15, 0.2) is 182 Å². The summed E-state index contributed by atoms with van der Waals surface area (Å²) in [6.07, 6.45) is 108. The number of carbonyl (C=O) groups excluding carboxylic acids is 2. The molecule has 0 heterocycles. The van der Waals surface area contributed by atoms with Crippen LogP contribution in [0.3, 0.4) is 0 Å². The van der Waals surface area contributed by atoms with E-state index in [-0.39, 0.29) is 26.1 Å². The Morgan fingerprint density at radius 3 is 0.870 bits per heavy atom. The quantitative estimate of drug-likeness (QED) is 0.0195. The molecule has 0 bridgehead atoms. The van der Waals surface area contributed by atoms with Crippen LogP contribution in [0.2, 0.25) is 0 Å². The number of phosphoric ester groups is 1. The predicted octanol–water partition coefficient (Wildman–Crippen LogP) is 23.6. The van der Waals surface area contributed by atoms with Crippen LogP contribution in [0.4, 0.5) is 0 Å². The average molecular weight is 1290 g/mol. The second kappa shape index (κ2) is 70.4. The van der Waals surface area contributed by atoms with E-state index in [0.717, 1.165) is 141 Å². The fourth-order valence-corrected chi connectivity index (χ4v) is 10.1. The Morgan fingerprint density at radius 2 is 0.587 bits per heavy atom. The molecule has 520 valence electrons. The number of likely N-dealkylation sites (N-methyl/N-ethyl adjacent to an activating group) is 1. The summed E-state index contributed by atoms with van der Waals surface area (Å²) in [4.78, 5) is 38.1. The van der Waals surface area contributed by atoms with Gasteiger partial charge >= 0.3 is 11.9 Å². The average Bonchev–Trinajstić information content (AvgIpc) is 2.14. The highest BCUT2D eigenvalue weighted by Crippen LogP contribution is 2.38. The number of esters is 2. The lowest BCUT2D eigenvalue weighted by molar-refractivity contribution is -0.870. The van der Waals surface area contributed by atoms with Crippen molar-refractivity contribution in [1.82, 2.24) is 0 Å². The van der Waals surface area contributed by atoms with Gasteiger partial charge in [0.05, 0.1) is 27.7 Å². The van der Waals surface area contributed by atoms with Gasteiger partial charge in [-0.25, -0.2) is 0 Å². The van der Waals surface area contributed by atoms with Crippen molar-refractivity contribution >= 4 is 19.8 Å². The highest BCUT2D eigenvalue weighted by molar-refractivity contribution is 7.45. The Bertz CT molecular complexity index is 2210. The van der Waals surface area contributed by atoms with Gasteiger partial charge < -0.3 is 27.9 Å². The number of hydrogen-bond acceptors (Lipinski definition) is 8. The van der Waals surface area contributed by atoms with Crippen LogP contribution < -0.4 is 4.89 Å². The van der Waals surface area contributed by atoms with Crippen molar-refractivity contribution in [2.45, 2.75) is 277 Å². The summed E-state index contributed by atoms with van der Waals surface area (Å²) in [6, 6.07) is 0. The minimum Gasteiger partial charge on any atom is -0.756 e. The standard InChI is InChI=1S/C82H134NO8P/c1-6-8-10-12-14-16-18-20-22-24-26-28-30-32-34-36-37-38-39-40-41-42-43-44-45-47-49-51-53-55-57-59-61-63-65-67-69-71-73-75-82(85)91-80(79-90-92(86,87)89-77-76-83(3,4)5)78-88-81(84)74-72-70-68-66-64-62-60-58-56-54-52-50-48-46-35-33-31-29-27-25-23-21-19-17-15-13-11-9-7-2/h8-11,14-17,20-23,26-29,32-35,37-38,40-41,43-44,48,50,54,56,80H,6-7,12-13,18-19,24-25,30-31,36,39,42,45-47,49,51-53,55,57-79H2,1-5H3/b10-8-,11-9-,16-14-,17-15-,22-20-,23-21-,28-26-,29-27-,34-32-,35-33-,38-37-,41-40-,44-43-,50-48-,56-54-. The van der Waals surface area contributed by atoms with Gasteiger partial charge in [0.1, 0.15) is 19.8 Å². The molecule has 0 aliphatic carbocycles. The summed E-state index contributed by atoms with van der Waals surface area (Å²) in [5.41, 5.74) is 0. The second-order valence-corrected chi connectivity index (χ2v) is 26.2. The monoisotopic (exact) mass is 1290 g/mol. The third kappa shape index (κ3) is 74.2. The number of unbranched alkanes of at least 4 members (excludes halogenated alkanes) is 21. The Kier molecular flexibility index (Phi) is 66.7. The molecule has 0 amide bonds. The molecule has 0 fully saturated rings. The zero-order chi connectivity index (χ0) is 66.9. The van der Waals surface area contributed by atoms with Crippen LogP contribution in [-0.2, 0) is 32.7 Å². The molecule has 0 aromatic rings. The highest BCUT2D eigenvalue weighted by Gasteiger charge is 2.22. The maximum Gasteiger partial charge on any atom is 0.306 e. The third-order valence-corrected chi connectivity index (χ3v) is 15.9. The first-order chi connectivity index (χ1) is 45.0. The number of rotatable bonds is 65. The molecule has 0 spiro atoms. The van der Waals surface area contributed by atoms with Gasteiger partial charge in [-0.1, -0.05) is 305 Å². The second-order valence-electron chi connectivity index (χ2n) is 24.8. The van der Waals surface area contributed by atoms with Gasteiger partial charge in [0.25, 0.3) is 7.82 Å². The van der Waals surface area contributed by atoms with Crippen molar-refractivity contribution in [3.05, 3.63) is 182 Å². The summed E-state index contributed by atoms with van der Waals surface area (Å²) in [5.74, 6) is -0.854. The minimum atomic E-state index is -4.66. The smallest absolute Gasteiger partial charge is 0.306 e. The van der Waals surface area contributed by atoms with E-state index in [1.807, 2.05) is 21.1 Å². The van der Waals surface area contributed by atoms with Crippen LogP contribution in [0.5, 0.6) is 0 Å². The first kappa shape index (κ1) is 87.1. The summed E-state index contributed by atoms with van der Waals surface area (Å²) in [7, 11) is 1.14. The van der Waals surface area contributed by atoms with E-state index in [0.29, 0.717) is 23.9 Å². The lowest BCUT2D eigenvalue weighted by Crippen LogP contribution is -2.37. The molecule has 0 saturated heterocycles. The molecule has 10 heteroatoms. The van der Waals surface area contributed by atoms with Crippen LogP contribution >= 0.6 is 7.82 Å². The molecule has 0 rings (SSSR count). The minimum absolute atomic E-state index is 0.0415. The van der Waals surface area contributed by atoms with Crippen molar-refractivity contribution < 1.29 is 42.1 Å². The van der Waals surface area contributed by atoms with E-state index in [1.54, 1.807) is 0 Å². The van der Waals surface area contributed by atoms with Gasteiger partial charge in [-0.05, 0) is 135 Å². The van der Waals surface area contributed by atoms with Gasteiger partial charge in [0, 0.05) is 12.8 Å². The van der Waals surface area contributed by atoms with E-state index < -0.39 is 32.5 Å². The lowest BCUT2D eigenvalue weighted by Gasteiger charge is -2.28. The topological polar surface area (TPSA) is 111 Å². The number of hydrogen-bond donors (Lipinski definition) is 0. The number of nitrogens with zero attached hydrogens (tertiary/aromatic N) is 1. The van der Waals surface area contributed by atoms with Gasteiger partial charge in [-0.2, -0.15) is 0 Å². The van der Waals surface area contributed by atoms with Crippen molar-refractivity contribution in [1.29, 1.82) is 0 Å². The SMILES string of the molecule is CC/C=C\C/C=C\C/C=C\C/C=C\C/C=C\C/C=C\C/C=C\C/C=C\CCCCCCCCCCCCCCCCC(=O)OC(COC(=O)CCCCCCCCC/C=C\C/C=C\C/C=C\C/C=C\C/C=C\C/C=C\C/C=C\CC)COP(=O)([O-])OCC[N+](C)(C)C. The van der Waals surface area contributed by atoms with Crippen LogP contribution in [0, 0.1) is 0 Å². The molecule has 0 radical (unpaired) electrons. The van der Waals surface area contributed by atoms with E-state index in [2.05, 4.69) is 196 Å². The van der Waals surface area contributed by atoms with Gasteiger partial charge in [0.15, 0.2) is 6.10 Å². The Morgan fingerprint density at radius 1 is 0.337 bits per heavy atom. The van der Waals surface area contributed by atoms with Crippen molar-refractivity contribution in [2.24, 2.45) is 0 Å². The lowest BCUT2D eigenvalue weighted by atomic mass is 10.0. The molecule has 0 aliphatic heterocycles. The zero-order valence-electron chi connectivity index (χ0n) is 59.2. The molecule has 92 heavy (non-hydrogen) atoms. The summed E-state index contributed by atoms with van der Waals surface area (Å²) in [5, 5.41) is 0. The highest BCUT2D eigenvalue weighted by atomic mass is 31.2. The van der Waals surface area contributed by atoms with Crippen molar-refractivity contribution in [2.75, 3.05) is 47.5 Å². The van der Waals surface area contributed by atoms with Gasteiger partial charge in [-0.15, -0.1) is 0 Å². The number of carbonyl (C=O) groups is 2. The summed E-state index contributed by atoms with van der Waals surface area (Å²) in [6.45, 7) is 3.99. The Hall–Kier alpha value is -4.89. The maximum atomic E-state index is 12.9. The first-order valence-corrected chi connectivity index (χ1v) is 38.0. The van der Waals surface area contributed by atoms with E-state index >= 15 is 0 Å². The number of quaternary nitrogens is 1. The number of ether oxygens (including phenoxy) is 2. The molecule has 2 atom stereocenters. The zero-order valence-corrected chi connectivity index (χ0v) is 60.1. The molecular weight excluding hydrogens is 1160 g/mol. The van der Waals surface area contributed by atoms with E-state index in [1.165, 1.54) is 89.9 Å². The predicted molar refractivity (Wildman–Crippen MR) is 396 cm³/mol. The molecule has 2 unspecified atom stereocenters. The maximum absolute atomic E-state index is 12.9. The molecule has 0 aliphatic rings. The molecule has 0 N–H and O–H groups in total. The van der Waals surface area contributed by atoms with Crippen LogP contribution in [0.25, 0.3) is 0 Å². The van der Waals surface area contributed by atoms with E-state index in [4.69, 9.17) is 18.5 Å². The molecule has 9 nitrogen and oxygen atoms in total. The van der Waals surface area contributed by atoms with Crippen LogP contribution in [0.1, 0.15) is 271 Å². The van der Waals surface area contributed by atoms with Crippen LogP contribution in [-0.4, -0.2) is 70.0 Å². The molecule has 0 aromatic heterocycles. The van der Waals surface area contributed by atoms with E-state index in [9.17, 15) is 19.0 Å². The van der Waals surface area contributed by atoms with Crippen molar-refractivity contribution in [3.8, 4) is 0 Å². The normalized spacial score (nSPS) is 14.2. The fraction of sp³-hybridized carbons (Fsp3) is 0.610. The van der Waals surface area contributed by atoms with Gasteiger partial charge in [-0.3, -0.25) is 14.2 Å². The fourth-order valence-electron chi connectivity index (χ4n) is 9.42. The van der Waals surface area contributed by atoms with Gasteiger partial charge in [0.2, 0.25) is 0 Å². The summed E-state index contributed by atoms with van der Waals surface area (Å²) >= 11 is 0. The molecular formula is C82H134NO8P. The van der Waals surface area contributed by atoms with Crippen molar-refractivity contribution in [3.63, 3.8) is 0 Å². The largest absolute Gasteiger partial charge is 0.756 e. The molecule has 0 saturated carbocycles. The third-order valence-electron chi connectivity index (χ3n) is 14.9. The Labute approximate surface area is 565 Å². The molecule has 0 aromatic carbocycles. The Balaban J connectivity index is 4.10. The summed E-state index contributed by atoms with van der Waals surface area (Å²) < 4.78 is 34.3. The first-order valence-electron chi connectivity index (χ1n) is 36.5. The number of allylic oxidation sites excluding steroid dienone is 30. The number of phosphoric acid groups is 1.